The van der Waals surface area contributed by atoms with E-state index in [2.05, 4.69) is 9.97 Å². The van der Waals surface area contributed by atoms with Crippen molar-refractivity contribution in [3.63, 3.8) is 0 Å². The van der Waals surface area contributed by atoms with Gasteiger partial charge in [-0.25, -0.2) is 18.7 Å². The van der Waals surface area contributed by atoms with Crippen LogP contribution in [0.4, 0.5) is 13.9 Å². The third kappa shape index (κ3) is 2.22. The highest BCUT2D eigenvalue weighted by molar-refractivity contribution is 7.22. The van der Waals surface area contributed by atoms with Crippen molar-refractivity contribution >= 4 is 32.3 Å². The van der Waals surface area contributed by atoms with Gasteiger partial charge in [0.05, 0.1) is 11.8 Å². The van der Waals surface area contributed by atoms with Gasteiger partial charge in [-0.3, -0.25) is 0 Å². The van der Waals surface area contributed by atoms with Gasteiger partial charge < -0.3 is 10.5 Å². The minimum absolute atomic E-state index is 0.138. The first-order valence-corrected chi connectivity index (χ1v) is 6.98. The van der Waals surface area contributed by atoms with E-state index in [1.54, 1.807) is 12.3 Å². The highest BCUT2D eigenvalue weighted by atomic mass is 32.1. The summed E-state index contributed by atoms with van der Waals surface area (Å²) < 4.78 is 32.4. The van der Waals surface area contributed by atoms with Crippen LogP contribution in [-0.4, -0.2) is 23.0 Å². The maximum Gasteiger partial charge on any atom is 0.251 e. The Morgan fingerprint density at radius 1 is 1.45 bits per heavy atom. The molecule has 20 heavy (non-hydrogen) atoms. The zero-order valence-electron chi connectivity index (χ0n) is 10.8. The fourth-order valence-electron chi connectivity index (χ4n) is 2.32. The number of aromatic nitrogens is 2. The summed E-state index contributed by atoms with van der Waals surface area (Å²) in [6.07, 6.45) is 3.19. The smallest absolute Gasteiger partial charge is 0.251 e. The maximum atomic E-state index is 13.2. The summed E-state index contributed by atoms with van der Waals surface area (Å²) in [4.78, 5) is 8.39. The van der Waals surface area contributed by atoms with E-state index in [1.807, 2.05) is 0 Å². The topological polar surface area (TPSA) is 61.0 Å². The maximum absolute atomic E-state index is 13.2. The number of methoxy groups -OCH3 is 1. The predicted molar refractivity (Wildman–Crippen MR) is 75.2 cm³/mol. The second-order valence-electron chi connectivity index (χ2n) is 4.70. The van der Waals surface area contributed by atoms with E-state index in [0.29, 0.717) is 22.9 Å². The fraction of sp³-hybridized carbons (Fsp3) is 0.385. The second-order valence-corrected chi connectivity index (χ2v) is 5.73. The lowest BCUT2D eigenvalue weighted by atomic mass is 9.92. The molecule has 1 aliphatic rings. The number of fused-ring (bicyclic) bond motifs is 1. The van der Waals surface area contributed by atoms with E-state index in [-0.39, 0.29) is 12.8 Å². The van der Waals surface area contributed by atoms with Gasteiger partial charge in [0.25, 0.3) is 5.92 Å². The van der Waals surface area contributed by atoms with Gasteiger partial charge in [-0.05, 0) is 12.0 Å². The zero-order valence-corrected chi connectivity index (χ0v) is 11.6. The number of nitrogens with zero attached hydrogens (tertiary/aromatic N) is 2. The van der Waals surface area contributed by atoms with Crippen LogP contribution in [0.15, 0.2) is 12.3 Å². The van der Waals surface area contributed by atoms with E-state index >= 15 is 0 Å². The van der Waals surface area contributed by atoms with Crippen molar-refractivity contribution in [2.24, 2.45) is 0 Å². The largest absolute Gasteiger partial charge is 0.479 e. The van der Waals surface area contributed by atoms with Crippen LogP contribution in [0.3, 0.4) is 0 Å². The number of hydrogen-bond acceptors (Lipinski definition) is 5. The van der Waals surface area contributed by atoms with Gasteiger partial charge in [-0.2, -0.15) is 0 Å². The molecular weight excluding hydrogens is 284 g/mol. The molecule has 0 aromatic carbocycles. The molecule has 0 bridgehead atoms. The van der Waals surface area contributed by atoms with Crippen LogP contribution in [0.1, 0.15) is 24.8 Å². The Labute approximate surface area is 118 Å². The van der Waals surface area contributed by atoms with Gasteiger partial charge in [0.1, 0.15) is 5.52 Å². The minimum atomic E-state index is -2.60. The lowest BCUT2D eigenvalue weighted by Crippen LogP contribution is -2.18. The monoisotopic (exact) mass is 297 g/mol. The molecule has 0 spiro atoms. The van der Waals surface area contributed by atoms with Crippen molar-refractivity contribution in [1.29, 1.82) is 0 Å². The summed E-state index contributed by atoms with van der Waals surface area (Å²) in [5.74, 6) is -2.20. The van der Waals surface area contributed by atoms with Gasteiger partial charge in [-0.1, -0.05) is 17.4 Å². The number of hydrogen-bond donors (Lipinski definition) is 1. The number of alkyl halides is 2. The van der Waals surface area contributed by atoms with Crippen molar-refractivity contribution in [3.8, 4) is 5.88 Å². The molecule has 2 aromatic heterocycles. The number of ether oxygens (including phenoxy) is 1. The van der Waals surface area contributed by atoms with Gasteiger partial charge in [0.15, 0.2) is 5.13 Å². The lowest BCUT2D eigenvalue weighted by Gasteiger charge is -2.21. The van der Waals surface area contributed by atoms with Crippen LogP contribution >= 0.6 is 11.3 Å². The second kappa shape index (κ2) is 4.66. The van der Waals surface area contributed by atoms with Crippen LogP contribution in [0, 0.1) is 0 Å². The van der Waals surface area contributed by atoms with Crippen LogP contribution in [0.25, 0.3) is 15.8 Å². The first-order valence-electron chi connectivity index (χ1n) is 6.16. The minimum Gasteiger partial charge on any atom is -0.479 e. The number of nitrogen functional groups attached to an aromatic ring is 1. The molecule has 0 saturated carbocycles. The number of halogens is 2. The molecule has 3 rings (SSSR count). The molecule has 0 atom stereocenters. The van der Waals surface area contributed by atoms with Crippen molar-refractivity contribution in [2.45, 2.75) is 25.2 Å². The van der Waals surface area contributed by atoms with Crippen LogP contribution in [0.5, 0.6) is 5.88 Å². The molecule has 1 aliphatic carbocycles. The number of thiazole rings is 1. The molecule has 7 heteroatoms. The molecular formula is C13H13F2N3OS. The van der Waals surface area contributed by atoms with Gasteiger partial charge in [-0.15, -0.1) is 0 Å². The third-order valence-electron chi connectivity index (χ3n) is 3.35. The molecule has 0 fully saturated rings. The van der Waals surface area contributed by atoms with E-state index in [1.165, 1.54) is 18.4 Å². The van der Waals surface area contributed by atoms with Crippen molar-refractivity contribution in [3.05, 3.63) is 17.8 Å². The van der Waals surface area contributed by atoms with Crippen LogP contribution in [-0.2, 0) is 0 Å². The quantitative estimate of drug-likeness (QED) is 0.921. The SMILES string of the molecule is COc1ncc(C2=CCC(F)(F)CC2)c2sc(N)nc12. The Morgan fingerprint density at radius 3 is 2.90 bits per heavy atom. The first kappa shape index (κ1) is 13.2. The Kier molecular flexibility index (Phi) is 3.08. The fourth-order valence-corrected chi connectivity index (χ4v) is 3.19. The molecule has 0 unspecified atom stereocenters. The number of nitrogens with two attached hydrogens (primary N) is 1. The lowest BCUT2D eigenvalue weighted by molar-refractivity contribution is -0.00602. The Morgan fingerprint density at radius 2 is 2.25 bits per heavy atom. The molecule has 0 aliphatic heterocycles. The number of allylic oxidation sites excluding steroid dienone is 2. The van der Waals surface area contributed by atoms with E-state index < -0.39 is 5.92 Å². The van der Waals surface area contributed by atoms with E-state index in [4.69, 9.17) is 10.5 Å². The molecule has 2 heterocycles. The predicted octanol–water partition coefficient (Wildman–Crippen LogP) is 3.48. The summed E-state index contributed by atoms with van der Waals surface area (Å²) in [5.41, 5.74) is 8.03. The standard InChI is InChI=1S/C13H13F2N3OS/c1-19-11-9-10(20-12(16)18-9)8(6-17-11)7-2-4-13(14,15)5-3-7/h2,6H,3-5H2,1H3,(H2,16,18). The molecule has 0 radical (unpaired) electrons. The normalized spacial score (nSPS) is 18.1. The molecule has 2 aromatic rings. The number of anilines is 1. The number of rotatable bonds is 2. The molecule has 2 N–H and O–H groups in total. The summed E-state index contributed by atoms with van der Waals surface area (Å²) in [6.45, 7) is 0. The summed E-state index contributed by atoms with van der Waals surface area (Å²) in [5, 5.41) is 0.411. The van der Waals surface area contributed by atoms with Gasteiger partial charge >= 0.3 is 0 Å². The Balaban J connectivity index is 2.11. The molecule has 4 nitrogen and oxygen atoms in total. The summed E-state index contributed by atoms with van der Waals surface area (Å²) >= 11 is 1.32. The Hall–Kier alpha value is -1.76. The van der Waals surface area contributed by atoms with Crippen LogP contribution < -0.4 is 10.5 Å². The summed E-state index contributed by atoms with van der Waals surface area (Å²) in [7, 11) is 1.51. The van der Waals surface area contributed by atoms with Crippen molar-refractivity contribution in [2.75, 3.05) is 12.8 Å². The molecule has 0 saturated heterocycles. The average molecular weight is 297 g/mol. The van der Waals surface area contributed by atoms with Crippen molar-refractivity contribution < 1.29 is 13.5 Å². The van der Waals surface area contributed by atoms with Crippen molar-refractivity contribution in [1.82, 2.24) is 9.97 Å². The highest BCUT2D eigenvalue weighted by Gasteiger charge is 2.31. The highest BCUT2D eigenvalue weighted by Crippen LogP contribution is 2.41. The average Bonchev–Trinajstić information content (AvgIpc) is 2.79. The number of pyridine rings is 1. The van der Waals surface area contributed by atoms with E-state index in [0.717, 1.165) is 15.8 Å². The molecule has 106 valence electrons. The summed E-state index contributed by atoms with van der Waals surface area (Å²) in [6, 6.07) is 0. The van der Waals surface area contributed by atoms with Crippen LogP contribution in [0.2, 0.25) is 0 Å². The first-order chi connectivity index (χ1) is 9.50. The van der Waals surface area contributed by atoms with E-state index in [9.17, 15) is 8.78 Å². The zero-order chi connectivity index (χ0) is 14.3. The van der Waals surface area contributed by atoms with Gasteiger partial charge in [0.2, 0.25) is 5.88 Å². The van der Waals surface area contributed by atoms with Gasteiger partial charge in [0, 0.05) is 24.6 Å². The molecule has 0 amide bonds. The Bertz CT molecular complexity index is 696. The third-order valence-corrected chi connectivity index (χ3v) is 4.27.